The number of nitrogens with one attached hydrogen (secondary N) is 1. The molecule has 0 spiro atoms. The van der Waals surface area contributed by atoms with E-state index in [4.69, 9.17) is 4.42 Å². The second-order valence-corrected chi connectivity index (χ2v) is 8.09. The highest BCUT2D eigenvalue weighted by Crippen LogP contribution is 2.28. The molecule has 0 bridgehead atoms. The Morgan fingerprint density at radius 1 is 1.41 bits per heavy atom. The van der Waals surface area contributed by atoms with Gasteiger partial charge in [0.05, 0.1) is 17.4 Å². The van der Waals surface area contributed by atoms with Crippen LogP contribution in [0.25, 0.3) is 21.8 Å². The highest BCUT2D eigenvalue weighted by atomic mass is 32.2. The maximum Gasteiger partial charge on any atom is 0.259 e. The lowest BCUT2D eigenvalue weighted by Crippen LogP contribution is -2.11. The predicted octanol–water partition coefficient (Wildman–Crippen LogP) is 3.93. The fourth-order valence-electron chi connectivity index (χ4n) is 2.78. The van der Waals surface area contributed by atoms with E-state index in [0.29, 0.717) is 40.2 Å². The largest absolute Gasteiger partial charge is 0.461 e. The third-order valence-corrected chi connectivity index (χ3v) is 6.28. The number of aryl methyl sites for hydroxylation is 2. The van der Waals surface area contributed by atoms with Crippen molar-refractivity contribution in [3.8, 4) is 11.6 Å². The van der Waals surface area contributed by atoms with Crippen molar-refractivity contribution in [2.24, 2.45) is 0 Å². The van der Waals surface area contributed by atoms with Gasteiger partial charge < -0.3 is 9.40 Å². The van der Waals surface area contributed by atoms with E-state index in [1.807, 2.05) is 30.5 Å². The molecule has 0 unspecified atom stereocenters. The molecule has 4 aromatic heterocycles. The summed E-state index contributed by atoms with van der Waals surface area (Å²) in [5.41, 5.74) is 0.901. The first kappa shape index (κ1) is 17.7. The van der Waals surface area contributed by atoms with E-state index in [1.165, 1.54) is 11.8 Å². The number of furan rings is 1. The molecule has 27 heavy (non-hydrogen) atoms. The molecular weight excluding hydrogens is 382 g/mol. The van der Waals surface area contributed by atoms with Crippen LogP contribution >= 0.6 is 23.1 Å². The van der Waals surface area contributed by atoms with Gasteiger partial charge >= 0.3 is 0 Å². The van der Waals surface area contributed by atoms with Gasteiger partial charge in [0.15, 0.2) is 10.9 Å². The first-order chi connectivity index (χ1) is 13.1. The molecule has 4 heterocycles. The molecule has 0 aromatic carbocycles. The number of hydrogen-bond donors (Lipinski definition) is 1. The number of nitrogens with zero attached hydrogens (tertiary/aromatic N) is 4. The average molecular weight is 400 g/mol. The third kappa shape index (κ3) is 3.24. The predicted molar refractivity (Wildman–Crippen MR) is 107 cm³/mol. The van der Waals surface area contributed by atoms with E-state index in [1.54, 1.807) is 23.7 Å². The highest BCUT2D eigenvalue weighted by molar-refractivity contribution is 7.98. The van der Waals surface area contributed by atoms with Gasteiger partial charge in [-0.15, -0.1) is 28.1 Å². The number of fused-ring (bicyclic) bond motifs is 1. The smallest absolute Gasteiger partial charge is 0.259 e. The second kappa shape index (κ2) is 7.16. The highest BCUT2D eigenvalue weighted by Gasteiger charge is 2.17. The van der Waals surface area contributed by atoms with Crippen LogP contribution in [0.1, 0.15) is 16.3 Å². The molecule has 1 N–H and O–H groups in total. The van der Waals surface area contributed by atoms with Crippen molar-refractivity contribution >= 4 is 33.3 Å². The number of thioether (sulfide) groups is 1. The average Bonchev–Trinajstić information content (AvgIpc) is 3.34. The molecule has 0 aliphatic carbocycles. The molecule has 0 fully saturated rings. The lowest BCUT2D eigenvalue weighted by molar-refractivity contribution is 0.569. The molecule has 0 saturated carbocycles. The van der Waals surface area contributed by atoms with E-state index in [9.17, 15) is 4.79 Å². The van der Waals surface area contributed by atoms with Gasteiger partial charge in [-0.2, -0.15) is 0 Å². The fourth-order valence-corrected chi connectivity index (χ4v) is 4.64. The van der Waals surface area contributed by atoms with Crippen LogP contribution < -0.4 is 5.56 Å². The van der Waals surface area contributed by atoms with E-state index < -0.39 is 0 Å². The molecule has 0 aliphatic rings. The van der Waals surface area contributed by atoms with Crippen LogP contribution in [0.3, 0.4) is 0 Å². The van der Waals surface area contributed by atoms with Crippen molar-refractivity contribution in [1.82, 2.24) is 24.7 Å². The first-order valence-corrected chi connectivity index (χ1v) is 10.1. The van der Waals surface area contributed by atoms with Gasteiger partial charge in [-0.05, 0) is 31.5 Å². The number of thiophene rings is 1. The minimum atomic E-state index is -0.0960. The van der Waals surface area contributed by atoms with Crippen molar-refractivity contribution < 1.29 is 4.42 Å². The molecule has 9 heteroatoms. The minimum Gasteiger partial charge on any atom is -0.461 e. The van der Waals surface area contributed by atoms with Gasteiger partial charge in [-0.25, -0.2) is 4.98 Å². The Labute approximate surface area is 163 Å². The van der Waals surface area contributed by atoms with Crippen LogP contribution in [0.4, 0.5) is 0 Å². The molecule has 4 aromatic rings. The van der Waals surface area contributed by atoms with E-state index in [2.05, 4.69) is 26.7 Å². The number of rotatable bonds is 6. The van der Waals surface area contributed by atoms with Gasteiger partial charge in [0.2, 0.25) is 5.82 Å². The SMILES string of the molecule is C=CCn1c(SCc2nc3sc(C)c(C)c3c(=O)[nH]2)nnc1-c1ccco1. The van der Waals surface area contributed by atoms with Crippen LogP contribution in [0, 0.1) is 13.8 Å². The van der Waals surface area contributed by atoms with Gasteiger partial charge in [-0.3, -0.25) is 9.36 Å². The Kier molecular flexibility index (Phi) is 4.71. The summed E-state index contributed by atoms with van der Waals surface area (Å²) in [6, 6.07) is 3.65. The van der Waals surface area contributed by atoms with Crippen LogP contribution in [-0.4, -0.2) is 24.7 Å². The van der Waals surface area contributed by atoms with E-state index in [0.717, 1.165) is 15.3 Å². The Morgan fingerprint density at radius 3 is 3.00 bits per heavy atom. The van der Waals surface area contributed by atoms with Crippen molar-refractivity contribution in [3.05, 3.63) is 57.7 Å². The summed E-state index contributed by atoms with van der Waals surface area (Å²) in [5.74, 6) is 2.39. The summed E-state index contributed by atoms with van der Waals surface area (Å²) in [5, 5.41) is 9.88. The topological polar surface area (TPSA) is 89.6 Å². The van der Waals surface area contributed by atoms with E-state index in [-0.39, 0.29) is 5.56 Å². The molecule has 0 atom stereocenters. The van der Waals surface area contributed by atoms with Crippen molar-refractivity contribution in [1.29, 1.82) is 0 Å². The van der Waals surface area contributed by atoms with Crippen LogP contribution in [-0.2, 0) is 12.3 Å². The number of allylic oxidation sites excluding steroid dienone is 1. The molecule has 0 amide bonds. The molecular formula is C18H17N5O2S2. The summed E-state index contributed by atoms with van der Waals surface area (Å²) < 4.78 is 7.36. The number of aromatic amines is 1. The Balaban J connectivity index is 1.63. The maximum atomic E-state index is 12.4. The molecule has 138 valence electrons. The summed E-state index contributed by atoms with van der Waals surface area (Å²) in [7, 11) is 0. The monoisotopic (exact) mass is 399 g/mol. The van der Waals surface area contributed by atoms with Crippen molar-refractivity contribution in [2.75, 3.05) is 0 Å². The fraction of sp³-hybridized carbons (Fsp3) is 0.222. The minimum absolute atomic E-state index is 0.0960. The van der Waals surface area contributed by atoms with Crippen LogP contribution in [0.15, 0.2) is 45.4 Å². The molecule has 0 saturated heterocycles. The Morgan fingerprint density at radius 2 is 2.26 bits per heavy atom. The van der Waals surface area contributed by atoms with Crippen LogP contribution in [0.5, 0.6) is 0 Å². The number of aromatic nitrogens is 5. The summed E-state index contributed by atoms with van der Waals surface area (Å²) in [6.45, 7) is 8.31. The number of hydrogen-bond acceptors (Lipinski definition) is 7. The molecule has 0 aliphatic heterocycles. The Hall–Kier alpha value is -2.65. The summed E-state index contributed by atoms with van der Waals surface area (Å²) in [6.07, 6.45) is 3.38. The maximum absolute atomic E-state index is 12.4. The van der Waals surface area contributed by atoms with Gasteiger partial charge in [0.1, 0.15) is 10.7 Å². The Bertz CT molecular complexity index is 1170. The third-order valence-electron chi connectivity index (χ3n) is 4.20. The van der Waals surface area contributed by atoms with Crippen molar-refractivity contribution in [3.63, 3.8) is 0 Å². The summed E-state index contributed by atoms with van der Waals surface area (Å²) in [4.78, 5) is 21.8. The van der Waals surface area contributed by atoms with Gasteiger partial charge in [0.25, 0.3) is 5.56 Å². The quantitative estimate of drug-likeness (QED) is 0.390. The normalized spacial score (nSPS) is 11.3. The first-order valence-electron chi connectivity index (χ1n) is 8.28. The van der Waals surface area contributed by atoms with Crippen molar-refractivity contribution in [2.45, 2.75) is 31.3 Å². The number of H-pyrrole nitrogens is 1. The molecule has 4 rings (SSSR count). The lowest BCUT2D eigenvalue weighted by atomic mass is 10.2. The second-order valence-electron chi connectivity index (χ2n) is 5.95. The molecule has 7 nitrogen and oxygen atoms in total. The zero-order chi connectivity index (χ0) is 19.0. The summed E-state index contributed by atoms with van der Waals surface area (Å²) >= 11 is 3.00. The van der Waals surface area contributed by atoms with Gasteiger partial charge in [-0.1, -0.05) is 17.8 Å². The zero-order valence-corrected chi connectivity index (χ0v) is 16.5. The van der Waals surface area contributed by atoms with Gasteiger partial charge in [0, 0.05) is 11.4 Å². The molecule has 0 radical (unpaired) electrons. The standard InChI is InChI=1S/C18H17N5O2S2/c1-4-7-23-15(12-6-5-8-25-12)21-22-18(23)26-9-13-19-16(24)14-10(2)11(3)27-17(14)20-13/h4-6,8H,1,7,9H2,2-3H3,(H,19,20,24). The van der Waals surface area contributed by atoms with E-state index >= 15 is 0 Å². The zero-order valence-electron chi connectivity index (χ0n) is 14.9. The lowest BCUT2D eigenvalue weighted by Gasteiger charge is -2.06. The van der Waals surface area contributed by atoms with Crippen LogP contribution in [0.2, 0.25) is 0 Å².